The fourth-order valence-electron chi connectivity index (χ4n) is 9.91. The molecule has 290 valence electrons. The van der Waals surface area contributed by atoms with Crippen LogP contribution in [0.1, 0.15) is 0 Å². The lowest BCUT2D eigenvalue weighted by Gasteiger charge is -2.26. The molecule has 10 aromatic carbocycles. The zero-order valence-corrected chi connectivity index (χ0v) is 33.6. The van der Waals surface area contributed by atoms with E-state index in [2.05, 4.69) is 232 Å². The lowest BCUT2D eigenvalue weighted by Crippen LogP contribution is -2.10. The molecular formula is C58H37N3O. The van der Waals surface area contributed by atoms with Gasteiger partial charge in [-0.25, -0.2) is 0 Å². The molecule has 0 radical (unpaired) electrons. The summed E-state index contributed by atoms with van der Waals surface area (Å²) < 4.78 is 11.5. The monoisotopic (exact) mass is 791 g/mol. The number of para-hydroxylation sites is 5. The van der Waals surface area contributed by atoms with Crippen LogP contribution in [0.3, 0.4) is 0 Å². The van der Waals surface area contributed by atoms with Crippen LogP contribution >= 0.6 is 0 Å². The SMILES string of the molecule is c1ccc(-n2c3ccccc3c3ccc(N(c4ccc(-c5ccc(-n6c7ccccc7c7c8ccccc8ccc76)cc5)cc4)c4cccc5c4oc4ccccc45)cc32)cc1. The topological polar surface area (TPSA) is 26.2 Å². The van der Waals surface area contributed by atoms with Gasteiger partial charge in [0.05, 0.1) is 27.8 Å². The Kier molecular flexibility index (Phi) is 7.57. The molecule has 0 saturated carbocycles. The van der Waals surface area contributed by atoms with Gasteiger partial charge >= 0.3 is 0 Å². The van der Waals surface area contributed by atoms with Crippen molar-refractivity contribution < 1.29 is 4.42 Å². The minimum absolute atomic E-state index is 0.857. The minimum atomic E-state index is 0.857. The van der Waals surface area contributed by atoms with E-state index in [4.69, 9.17) is 4.42 Å². The predicted molar refractivity (Wildman–Crippen MR) is 260 cm³/mol. The summed E-state index contributed by atoms with van der Waals surface area (Å²) in [5, 5.41) is 9.73. The molecule has 4 nitrogen and oxygen atoms in total. The first kappa shape index (κ1) is 34.5. The third kappa shape index (κ3) is 5.20. The Bertz CT molecular complexity index is 3850. The van der Waals surface area contributed by atoms with Crippen molar-refractivity contribution in [1.29, 1.82) is 0 Å². The van der Waals surface area contributed by atoms with Gasteiger partial charge in [0, 0.05) is 55.1 Å². The van der Waals surface area contributed by atoms with Crippen LogP contribution in [-0.2, 0) is 0 Å². The van der Waals surface area contributed by atoms with Crippen molar-refractivity contribution in [2.45, 2.75) is 0 Å². The highest BCUT2D eigenvalue weighted by Gasteiger charge is 2.22. The maximum absolute atomic E-state index is 6.70. The molecule has 3 heterocycles. The zero-order valence-electron chi connectivity index (χ0n) is 33.6. The smallest absolute Gasteiger partial charge is 0.159 e. The van der Waals surface area contributed by atoms with Crippen molar-refractivity contribution in [3.8, 4) is 22.5 Å². The third-order valence-corrected chi connectivity index (χ3v) is 12.7. The second kappa shape index (κ2) is 13.6. The van der Waals surface area contributed by atoms with Gasteiger partial charge in [-0.2, -0.15) is 0 Å². The molecule has 0 aliphatic heterocycles. The summed E-state index contributed by atoms with van der Waals surface area (Å²) in [6.45, 7) is 0. The van der Waals surface area contributed by atoms with Crippen molar-refractivity contribution in [3.63, 3.8) is 0 Å². The first-order chi connectivity index (χ1) is 30.8. The molecule has 4 heteroatoms. The highest BCUT2D eigenvalue weighted by atomic mass is 16.3. The summed E-state index contributed by atoms with van der Waals surface area (Å²) in [5.41, 5.74) is 14.1. The summed E-state index contributed by atoms with van der Waals surface area (Å²) in [7, 11) is 0. The quantitative estimate of drug-likeness (QED) is 0.168. The van der Waals surface area contributed by atoms with Crippen LogP contribution in [-0.4, -0.2) is 9.13 Å². The van der Waals surface area contributed by atoms with Crippen LogP contribution in [0.4, 0.5) is 17.1 Å². The fourth-order valence-corrected chi connectivity index (χ4v) is 9.91. The number of furan rings is 1. The van der Waals surface area contributed by atoms with Crippen molar-refractivity contribution in [2.24, 2.45) is 0 Å². The molecule has 0 unspecified atom stereocenters. The first-order valence-electron chi connectivity index (χ1n) is 21.2. The fraction of sp³-hybridized carbons (Fsp3) is 0. The average molecular weight is 792 g/mol. The van der Waals surface area contributed by atoms with Crippen LogP contribution < -0.4 is 4.90 Å². The van der Waals surface area contributed by atoms with Crippen LogP contribution in [0.5, 0.6) is 0 Å². The van der Waals surface area contributed by atoms with Gasteiger partial charge in [0.15, 0.2) is 5.58 Å². The summed E-state index contributed by atoms with van der Waals surface area (Å²) in [6.07, 6.45) is 0. The van der Waals surface area contributed by atoms with Crippen molar-refractivity contribution in [2.75, 3.05) is 4.90 Å². The lowest BCUT2D eigenvalue weighted by molar-refractivity contribution is 0.669. The Morgan fingerprint density at radius 2 is 0.919 bits per heavy atom. The van der Waals surface area contributed by atoms with E-state index in [0.717, 1.165) is 67.0 Å². The van der Waals surface area contributed by atoms with Gasteiger partial charge in [-0.3, -0.25) is 0 Å². The second-order valence-corrected chi connectivity index (χ2v) is 16.1. The van der Waals surface area contributed by atoms with E-state index >= 15 is 0 Å². The van der Waals surface area contributed by atoms with Gasteiger partial charge in [0.2, 0.25) is 0 Å². The van der Waals surface area contributed by atoms with Crippen LogP contribution in [0.15, 0.2) is 229 Å². The molecule has 0 fully saturated rings. The molecule has 0 N–H and O–H groups in total. The molecule has 0 aliphatic carbocycles. The van der Waals surface area contributed by atoms with E-state index in [0.29, 0.717) is 0 Å². The number of nitrogens with zero attached hydrogens (tertiary/aromatic N) is 3. The molecule has 0 spiro atoms. The van der Waals surface area contributed by atoms with Gasteiger partial charge < -0.3 is 18.5 Å². The zero-order chi connectivity index (χ0) is 40.7. The van der Waals surface area contributed by atoms with E-state index < -0.39 is 0 Å². The van der Waals surface area contributed by atoms with Gasteiger partial charge in [-0.1, -0.05) is 146 Å². The molecule has 0 aliphatic rings. The summed E-state index contributed by atoms with van der Waals surface area (Å²) >= 11 is 0. The van der Waals surface area contributed by atoms with Crippen molar-refractivity contribution in [1.82, 2.24) is 9.13 Å². The summed E-state index contributed by atoms with van der Waals surface area (Å²) in [4.78, 5) is 2.34. The Balaban J connectivity index is 0.945. The number of anilines is 3. The highest BCUT2D eigenvalue weighted by Crippen LogP contribution is 2.45. The predicted octanol–water partition coefficient (Wildman–Crippen LogP) is 16.1. The number of benzene rings is 10. The Labute approximate surface area is 357 Å². The molecule has 0 atom stereocenters. The lowest BCUT2D eigenvalue weighted by atomic mass is 10.0. The maximum atomic E-state index is 6.70. The first-order valence-corrected chi connectivity index (χ1v) is 21.2. The van der Waals surface area contributed by atoms with Gasteiger partial charge in [-0.05, 0) is 101 Å². The molecule has 13 aromatic rings. The van der Waals surface area contributed by atoms with Crippen LogP contribution in [0, 0.1) is 0 Å². The maximum Gasteiger partial charge on any atom is 0.159 e. The number of fused-ring (bicyclic) bond motifs is 11. The Morgan fingerprint density at radius 3 is 1.73 bits per heavy atom. The number of hydrogen-bond acceptors (Lipinski definition) is 2. The number of hydrogen-bond donors (Lipinski definition) is 0. The summed E-state index contributed by atoms with van der Waals surface area (Å²) in [5.74, 6) is 0. The molecule has 62 heavy (non-hydrogen) atoms. The molecular weight excluding hydrogens is 755 g/mol. The molecule has 0 bridgehead atoms. The largest absolute Gasteiger partial charge is 0.454 e. The van der Waals surface area contributed by atoms with E-state index in [1.54, 1.807) is 0 Å². The van der Waals surface area contributed by atoms with E-state index in [-0.39, 0.29) is 0 Å². The van der Waals surface area contributed by atoms with Gasteiger partial charge in [-0.15, -0.1) is 0 Å². The molecule has 3 aromatic heterocycles. The summed E-state index contributed by atoms with van der Waals surface area (Å²) in [6, 6.07) is 80.8. The Morgan fingerprint density at radius 1 is 0.339 bits per heavy atom. The van der Waals surface area contributed by atoms with Gasteiger partial charge in [0.1, 0.15) is 5.58 Å². The second-order valence-electron chi connectivity index (χ2n) is 16.1. The number of aromatic nitrogens is 2. The van der Waals surface area contributed by atoms with Crippen LogP contribution in [0.25, 0.3) is 98.8 Å². The van der Waals surface area contributed by atoms with Crippen molar-refractivity contribution >= 4 is 93.4 Å². The van der Waals surface area contributed by atoms with E-state index in [1.165, 1.54) is 48.9 Å². The molecule has 0 saturated heterocycles. The molecule has 0 amide bonds. The minimum Gasteiger partial charge on any atom is -0.454 e. The standard InChI is InChI=1S/C58H37N3O/c1-2-14-41(15-3-1)61-51-21-9-6-17-46(51)47-35-34-44(37-55(47)61)59(54-23-12-20-49-48-18-8-11-24-56(48)62-58(49)54)42-30-25-38(26-31-42)39-27-32-43(33-28-39)60-52-22-10-7-19-50(52)57-45-16-5-4-13-40(45)29-36-53(57)60/h1-37H. The molecule has 13 rings (SSSR count). The van der Waals surface area contributed by atoms with E-state index in [9.17, 15) is 0 Å². The van der Waals surface area contributed by atoms with E-state index in [1.807, 2.05) is 6.07 Å². The number of rotatable bonds is 6. The highest BCUT2D eigenvalue weighted by molar-refractivity contribution is 6.21. The average Bonchev–Trinajstić information content (AvgIpc) is 4.00. The third-order valence-electron chi connectivity index (χ3n) is 12.7. The van der Waals surface area contributed by atoms with Crippen LogP contribution in [0.2, 0.25) is 0 Å². The Hall–Kier alpha value is -8.34. The van der Waals surface area contributed by atoms with Crippen molar-refractivity contribution in [3.05, 3.63) is 224 Å². The van der Waals surface area contributed by atoms with Gasteiger partial charge in [0.25, 0.3) is 0 Å². The normalized spacial score (nSPS) is 11.9.